The van der Waals surface area contributed by atoms with Gasteiger partial charge in [-0.25, -0.2) is 9.79 Å². The second kappa shape index (κ2) is 10.7. The molecule has 1 aliphatic heterocycles. The standard InChI is InChI=1S/C27H27ClN2O5S/c1-6-34-26(32)23-16(4)29-27-30(24(23)18-8-10-19(28)11-9-18)25(31)22(36-27)14-17-7-12-20(35-15(2)3)21(13-17)33-5/h7-15,24H,6H2,1-5H3/b22-14-/t24-/m0/s1. The molecule has 0 fully saturated rings. The number of hydrogen-bond donors (Lipinski definition) is 0. The molecule has 0 spiro atoms. The largest absolute Gasteiger partial charge is 0.493 e. The molecule has 2 aromatic carbocycles. The van der Waals surface area contributed by atoms with Crippen molar-refractivity contribution in [1.82, 2.24) is 4.57 Å². The van der Waals surface area contributed by atoms with E-state index in [9.17, 15) is 9.59 Å². The van der Waals surface area contributed by atoms with Crippen LogP contribution in [0, 0.1) is 0 Å². The zero-order chi connectivity index (χ0) is 26.0. The minimum absolute atomic E-state index is 0.00172. The molecule has 9 heteroatoms. The van der Waals surface area contributed by atoms with Gasteiger partial charge in [0.15, 0.2) is 16.3 Å². The van der Waals surface area contributed by atoms with Crippen LogP contribution in [0.2, 0.25) is 5.02 Å². The zero-order valence-electron chi connectivity index (χ0n) is 20.7. The molecule has 0 amide bonds. The van der Waals surface area contributed by atoms with Crippen molar-refractivity contribution in [3.8, 4) is 11.5 Å². The second-order valence-corrected chi connectivity index (χ2v) is 9.88. The average molecular weight is 527 g/mol. The topological polar surface area (TPSA) is 79.1 Å². The number of esters is 1. The lowest BCUT2D eigenvalue weighted by Crippen LogP contribution is -2.39. The van der Waals surface area contributed by atoms with Crippen molar-refractivity contribution in [2.75, 3.05) is 13.7 Å². The third-order valence-corrected chi connectivity index (χ3v) is 6.79. The number of fused-ring (bicyclic) bond motifs is 1. The van der Waals surface area contributed by atoms with Gasteiger partial charge in [-0.2, -0.15) is 0 Å². The highest BCUT2D eigenvalue weighted by Gasteiger charge is 2.33. The molecule has 0 N–H and O–H groups in total. The number of benzene rings is 2. The van der Waals surface area contributed by atoms with Gasteiger partial charge in [0.1, 0.15) is 0 Å². The van der Waals surface area contributed by atoms with Crippen molar-refractivity contribution in [3.05, 3.63) is 89.6 Å². The molecular formula is C27H27ClN2O5S. The second-order valence-electron chi connectivity index (χ2n) is 8.43. The number of halogens is 1. The molecule has 1 aliphatic rings. The van der Waals surface area contributed by atoms with E-state index in [1.807, 2.05) is 32.0 Å². The molecule has 1 atom stereocenters. The van der Waals surface area contributed by atoms with E-state index >= 15 is 0 Å². The van der Waals surface area contributed by atoms with Gasteiger partial charge in [0.05, 0.1) is 41.7 Å². The average Bonchev–Trinajstić information content (AvgIpc) is 3.13. The van der Waals surface area contributed by atoms with Gasteiger partial charge in [-0.1, -0.05) is 41.1 Å². The van der Waals surface area contributed by atoms with Crippen molar-refractivity contribution < 1.29 is 19.0 Å². The van der Waals surface area contributed by atoms with Crippen LogP contribution < -0.4 is 24.4 Å². The lowest BCUT2D eigenvalue weighted by atomic mass is 9.96. The number of thiazole rings is 1. The fourth-order valence-corrected chi connectivity index (χ4v) is 5.20. The van der Waals surface area contributed by atoms with E-state index in [1.54, 1.807) is 55.9 Å². The Morgan fingerprint density at radius 1 is 1.19 bits per heavy atom. The van der Waals surface area contributed by atoms with E-state index in [4.69, 9.17) is 25.8 Å². The molecule has 4 rings (SSSR count). The minimum Gasteiger partial charge on any atom is -0.493 e. The van der Waals surface area contributed by atoms with Gasteiger partial charge in [-0.05, 0) is 69.2 Å². The van der Waals surface area contributed by atoms with Crippen molar-refractivity contribution in [3.63, 3.8) is 0 Å². The summed E-state index contributed by atoms with van der Waals surface area (Å²) in [6, 6.07) is 11.9. The Balaban J connectivity index is 1.88. The molecule has 0 saturated heterocycles. The smallest absolute Gasteiger partial charge is 0.338 e. The van der Waals surface area contributed by atoms with Gasteiger partial charge < -0.3 is 14.2 Å². The molecule has 7 nitrogen and oxygen atoms in total. The van der Waals surface area contributed by atoms with Crippen molar-refractivity contribution in [1.29, 1.82) is 0 Å². The van der Waals surface area contributed by atoms with E-state index in [0.29, 0.717) is 37.1 Å². The Kier molecular flexibility index (Phi) is 7.66. The minimum atomic E-state index is -0.684. The van der Waals surface area contributed by atoms with E-state index in [-0.39, 0.29) is 18.3 Å². The van der Waals surface area contributed by atoms with Gasteiger partial charge in [-0.3, -0.25) is 9.36 Å². The maximum absolute atomic E-state index is 13.7. The molecule has 1 aromatic heterocycles. The molecule has 0 radical (unpaired) electrons. The maximum atomic E-state index is 13.7. The molecule has 0 bridgehead atoms. The number of carbonyl (C=O) groups excluding carboxylic acids is 1. The van der Waals surface area contributed by atoms with Crippen LogP contribution in [0.4, 0.5) is 0 Å². The number of aromatic nitrogens is 1. The van der Waals surface area contributed by atoms with Gasteiger partial charge in [-0.15, -0.1) is 0 Å². The number of nitrogens with zero attached hydrogens (tertiary/aromatic N) is 2. The van der Waals surface area contributed by atoms with Crippen molar-refractivity contribution in [2.45, 2.75) is 39.8 Å². The predicted octanol–water partition coefficient (Wildman–Crippen LogP) is 4.25. The first-order chi connectivity index (χ1) is 17.2. The highest BCUT2D eigenvalue weighted by Crippen LogP contribution is 2.32. The van der Waals surface area contributed by atoms with E-state index in [1.165, 1.54) is 11.3 Å². The van der Waals surface area contributed by atoms with Crippen LogP contribution in [0.1, 0.15) is 44.9 Å². The molecule has 0 aliphatic carbocycles. The predicted molar refractivity (Wildman–Crippen MR) is 141 cm³/mol. The van der Waals surface area contributed by atoms with Crippen LogP contribution >= 0.6 is 22.9 Å². The van der Waals surface area contributed by atoms with Gasteiger partial charge >= 0.3 is 5.97 Å². The highest BCUT2D eigenvalue weighted by molar-refractivity contribution is 7.07. The van der Waals surface area contributed by atoms with E-state index in [0.717, 1.165) is 11.1 Å². The summed E-state index contributed by atoms with van der Waals surface area (Å²) >= 11 is 7.37. The first kappa shape index (κ1) is 25.7. The summed E-state index contributed by atoms with van der Waals surface area (Å²) in [5.41, 5.74) is 2.10. The molecular weight excluding hydrogens is 500 g/mol. The lowest BCUT2D eigenvalue weighted by Gasteiger charge is -2.24. The number of hydrogen-bond acceptors (Lipinski definition) is 7. The normalized spacial score (nSPS) is 15.5. The summed E-state index contributed by atoms with van der Waals surface area (Å²) in [6.45, 7) is 7.60. The van der Waals surface area contributed by atoms with Crippen LogP contribution in [0.15, 0.2) is 63.5 Å². The van der Waals surface area contributed by atoms with Crippen LogP contribution in [-0.2, 0) is 9.53 Å². The highest BCUT2D eigenvalue weighted by atomic mass is 35.5. The number of ether oxygens (including phenoxy) is 3. The number of methoxy groups -OCH3 is 1. The van der Waals surface area contributed by atoms with Crippen molar-refractivity contribution in [2.24, 2.45) is 4.99 Å². The number of allylic oxidation sites excluding steroid dienone is 1. The van der Waals surface area contributed by atoms with E-state index in [2.05, 4.69) is 4.99 Å². The third-order valence-electron chi connectivity index (χ3n) is 5.55. The first-order valence-corrected chi connectivity index (χ1v) is 12.7. The van der Waals surface area contributed by atoms with Gasteiger partial charge in [0, 0.05) is 5.02 Å². The molecule has 36 heavy (non-hydrogen) atoms. The SMILES string of the molecule is CCOC(=O)C1=C(C)N=c2s/c(=C\c3ccc(OC(C)C)c(OC)c3)c(=O)n2[C@H]1c1ccc(Cl)cc1. The Bertz CT molecular complexity index is 1500. The molecule has 0 unspecified atom stereocenters. The van der Waals surface area contributed by atoms with Crippen LogP contribution in [0.5, 0.6) is 11.5 Å². The number of carbonyl (C=O) groups is 1. The molecule has 188 valence electrons. The molecule has 3 aromatic rings. The fourth-order valence-electron chi connectivity index (χ4n) is 4.03. The lowest BCUT2D eigenvalue weighted by molar-refractivity contribution is -0.139. The molecule has 2 heterocycles. The van der Waals surface area contributed by atoms with Crippen molar-refractivity contribution >= 4 is 35.0 Å². The first-order valence-electron chi connectivity index (χ1n) is 11.5. The van der Waals surface area contributed by atoms with Crippen LogP contribution in [0.25, 0.3) is 6.08 Å². The quantitative estimate of drug-likeness (QED) is 0.430. The fraction of sp³-hybridized carbons (Fsp3) is 0.296. The van der Waals surface area contributed by atoms with Gasteiger partial charge in [0.2, 0.25) is 0 Å². The Morgan fingerprint density at radius 2 is 1.92 bits per heavy atom. The third kappa shape index (κ3) is 5.10. The monoisotopic (exact) mass is 526 g/mol. The Hall–Kier alpha value is -3.36. The Labute approximate surface area is 217 Å². The maximum Gasteiger partial charge on any atom is 0.338 e. The summed E-state index contributed by atoms with van der Waals surface area (Å²) in [7, 11) is 1.58. The summed E-state index contributed by atoms with van der Waals surface area (Å²) in [5.74, 6) is 0.701. The Morgan fingerprint density at radius 3 is 2.56 bits per heavy atom. The van der Waals surface area contributed by atoms with E-state index < -0.39 is 12.0 Å². The summed E-state index contributed by atoms with van der Waals surface area (Å²) < 4.78 is 18.6. The zero-order valence-corrected chi connectivity index (χ0v) is 22.3. The van der Waals surface area contributed by atoms with Crippen LogP contribution in [0.3, 0.4) is 0 Å². The summed E-state index contributed by atoms with van der Waals surface area (Å²) in [6.07, 6.45) is 1.78. The van der Waals surface area contributed by atoms with Gasteiger partial charge in [0.25, 0.3) is 5.56 Å². The molecule has 0 saturated carbocycles. The van der Waals surface area contributed by atoms with Crippen LogP contribution in [-0.4, -0.2) is 30.4 Å². The summed E-state index contributed by atoms with van der Waals surface area (Å²) in [5, 5.41) is 0.559. The summed E-state index contributed by atoms with van der Waals surface area (Å²) in [4.78, 5) is 31.7. The number of rotatable bonds is 7.